The third-order valence-corrected chi connectivity index (χ3v) is 4.28. The molecule has 3 nitrogen and oxygen atoms in total. The molecule has 0 aliphatic heterocycles. The van der Waals surface area contributed by atoms with Crippen LogP contribution in [0.1, 0.15) is 11.1 Å². The number of benzene rings is 3. The lowest BCUT2D eigenvalue weighted by atomic mass is 10.0. The van der Waals surface area contributed by atoms with Gasteiger partial charge >= 0.3 is 0 Å². The van der Waals surface area contributed by atoms with Gasteiger partial charge in [0.2, 0.25) is 5.91 Å². The van der Waals surface area contributed by atoms with Crippen LogP contribution in [0, 0.1) is 5.82 Å². The number of hydrogen-bond acceptors (Lipinski definition) is 2. The van der Waals surface area contributed by atoms with Crippen molar-refractivity contribution in [2.75, 3.05) is 14.2 Å². The van der Waals surface area contributed by atoms with Crippen LogP contribution in [0.25, 0.3) is 10.8 Å². The van der Waals surface area contributed by atoms with E-state index in [1.165, 1.54) is 13.2 Å². The average molecular weight is 337 g/mol. The minimum Gasteiger partial charge on any atom is -0.494 e. The SMILES string of the molecule is COc1ccc(CN(C)C(=O)Cc2cccc3ccccc23)cc1F. The average Bonchev–Trinajstić information content (AvgIpc) is 2.62. The minimum absolute atomic E-state index is 0.00687. The molecule has 0 aliphatic carbocycles. The summed E-state index contributed by atoms with van der Waals surface area (Å²) >= 11 is 0. The Morgan fingerprint density at radius 1 is 1.08 bits per heavy atom. The number of hydrogen-bond donors (Lipinski definition) is 0. The molecule has 3 aromatic carbocycles. The van der Waals surface area contributed by atoms with Gasteiger partial charge in [-0.2, -0.15) is 0 Å². The molecule has 0 N–H and O–H groups in total. The molecule has 0 unspecified atom stereocenters. The van der Waals surface area contributed by atoms with Crippen molar-refractivity contribution in [1.29, 1.82) is 0 Å². The molecule has 0 bridgehead atoms. The van der Waals surface area contributed by atoms with Gasteiger partial charge in [0.25, 0.3) is 0 Å². The van der Waals surface area contributed by atoms with Gasteiger partial charge in [-0.05, 0) is 34.0 Å². The molecule has 0 aromatic heterocycles. The van der Waals surface area contributed by atoms with E-state index < -0.39 is 5.82 Å². The van der Waals surface area contributed by atoms with Gasteiger partial charge < -0.3 is 9.64 Å². The van der Waals surface area contributed by atoms with E-state index in [0.29, 0.717) is 13.0 Å². The molecular weight excluding hydrogens is 317 g/mol. The Labute approximate surface area is 146 Å². The number of fused-ring (bicyclic) bond motifs is 1. The Bertz CT molecular complexity index is 902. The fourth-order valence-electron chi connectivity index (χ4n) is 2.91. The molecule has 25 heavy (non-hydrogen) atoms. The highest BCUT2D eigenvalue weighted by atomic mass is 19.1. The third kappa shape index (κ3) is 3.79. The number of rotatable bonds is 5. The van der Waals surface area contributed by atoms with Crippen molar-refractivity contribution in [1.82, 2.24) is 4.90 Å². The lowest BCUT2D eigenvalue weighted by molar-refractivity contribution is -0.129. The summed E-state index contributed by atoms with van der Waals surface area (Å²) in [6.07, 6.45) is 0.316. The maximum absolute atomic E-state index is 13.8. The molecule has 0 heterocycles. The van der Waals surface area contributed by atoms with E-state index in [9.17, 15) is 9.18 Å². The van der Waals surface area contributed by atoms with E-state index >= 15 is 0 Å². The third-order valence-electron chi connectivity index (χ3n) is 4.28. The maximum Gasteiger partial charge on any atom is 0.227 e. The van der Waals surface area contributed by atoms with Crippen molar-refractivity contribution >= 4 is 16.7 Å². The topological polar surface area (TPSA) is 29.5 Å². The fraction of sp³-hybridized carbons (Fsp3) is 0.190. The summed E-state index contributed by atoms with van der Waals surface area (Å²) in [6, 6.07) is 18.7. The quantitative estimate of drug-likeness (QED) is 0.699. The molecule has 3 aromatic rings. The van der Waals surface area contributed by atoms with Gasteiger partial charge in [0.1, 0.15) is 0 Å². The lowest BCUT2D eigenvalue weighted by Gasteiger charge is -2.18. The molecular formula is C21H20FNO2. The van der Waals surface area contributed by atoms with Gasteiger partial charge in [0.05, 0.1) is 13.5 Å². The van der Waals surface area contributed by atoms with Crippen LogP contribution in [0.5, 0.6) is 5.75 Å². The van der Waals surface area contributed by atoms with Crippen LogP contribution in [0.3, 0.4) is 0 Å². The number of halogens is 1. The molecule has 0 saturated carbocycles. The largest absolute Gasteiger partial charge is 0.494 e. The summed E-state index contributed by atoms with van der Waals surface area (Å²) in [5, 5.41) is 2.20. The lowest BCUT2D eigenvalue weighted by Crippen LogP contribution is -2.27. The fourth-order valence-corrected chi connectivity index (χ4v) is 2.91. The highest BCUT2D eigenvalue weighted by Crippen LogP contribution is 2.21. The molecule has 128 valence electrons. The second-order valence-electron chi connectivity index (χ2n) is 6.03. The summed E-state index contributed by atoms with van der Waals surface area (Å²) in [6.45, 7) is 0.352. The first kappa shape index (κ1) is 17.0. The van der Waals surface area contributed by atoms with Crippen LogP contribution in [0.15, 0.2) is 60.7 Å². The van der Waals surface area contributed by atoms with Crippen LogP contribution in [-0.4, -0.2) is 25.0 Å². The van der Waals surface area contributed by atoms with Gasteiger partial charge in [0, 0.05) is 13.6 Å². The predicted octanol–water partition coefficient (Wildman–Crippen LogP) is 4.19. The molecule has 0 aliphatic rings. The summed E-state index contributed by atoms with van der Waals surface area (Å²) < 4.78 is 18.7. The smallest absolute Gasteiger partial charge is 0.227 e. The van der Waals surface area contributed by atoms with Crippen LogP contribution < -0.4 is 4.74 Å². The monoisotopic (exact) mass is 337 g/mol. The summed E-state index contributed by atoms with van der Waals surface area (Å²) in [4.78, 5) is 14.2. The number of amides is 1. The molecule has 0 radical (unpaired) electrons. The van der Waals surface area contributed by atoms with Gasteiger partial charge in [0.15, 0.2) is 11.6 Å². The molecule has 1 amide bonds. The van der Waals surface area contributed by atoms with E-state index in [2.05, 4.69) is 0 Å². The Kier molecular flexibility index (Phi) is 4.98. The van der Waals surface area contributed by atoms with Crippen LogP contribution in [0.2, 0.25) is 0 Å². The predicted molar refractivity (Wildman–Crippen MR) is 97.1 cm³/mol. The second-order valence-corrected chi connectivity index (χ2v) is 6.03. The van der Waals surface area contributed by atoms with E-state index in [1.54, 1.807) is 24.1 Å². The van der Waals surface area contributed by atoms with Gasteiger partial charge in [-0.3, -0.25) is 4.79 Å². The van der Waals surface area contributed by atoms with Gasteiger partial charge in [-0.25, -0.2) is 4.39 Å². The maximum atomic E-state index is 13.8. The zero-order chi connectivity index (χ0) is 17.8. The Morgan fingerprint density at radius 3 is 2.60 bits per heavy atom. The number of ether oxygens (including phenoxy) is 1. The van der Waals surface area contributed by atoms with E-state index in [1.807, 2.05) is 42.5 Å². The molecule has 0 spiro atoms. The van der Waals surface area contributed by atoms with Crippen LogP contribution in [0.4, 0.5) is 4.39 Å². The highest BCUT2D eigenvalue weighted by molar-refractivity contribution is 5.90. The van der Waals surface area contributed by atoms with Gasteiger partial charge in [-0.15, -0.1) is 0 Å². The van der Waals surface area contributed by atoms with Gasteiger partial charge in [-0.1, -0.05) is 48.5 Å². The highest BCUT2D eigenvalue weighted by Gasteiger charge is 2.13. The zero-order valence-corrected chi connectivity index (χ0v) is 14.3. The zero-order valence-electron chi connectivity index (χ0n) is 14.3. The van der Waals surface area contributed by atoms with E-state index in [4.69, 9.17) is 4.74 Å². The van der Waals surface area contributed by atoms with Crippen molar-refractivity contribution < 1.29 is 13.9 Å². The summed E-state index contributed by atoms with van der Waals surface area (Å²) in [5.74, 6) is -0.226. The number of carbonyl (C=O) groups excluding carboxylic acids is 1. The Balaban J connectivity index is 1.73. The van der Waals surface area contributed by atoms with Crippen molar-refractivity contribution in [2.45, 2.75) is 13.0 Å². The van der Waals surface area contributed by atoms with Crippen LogP contribution in [-0.2, 0) is 17.8 Å². The number of nitrogens with zero attached hydrogens (tertiary/aromatic N) is 1. The molecule has 4 heteroatoms. The first-order valence-electron chi connectivity index (χ1n) is 8.11. The van der Waals surface area contributed by atoms with Crippen molar-refractivity contribution in [2.24, 2.45) is 0 Å². The minimum atomic E-state index is -0.421. The summed E-state index contributed by atoms with van der Waals surface area (Å²) in [5.41, 5.74) is 1.72. The molecule has 3 rings (SSSR count). The summed E-state index contributed by atoms with van der Waals surface area (Å²) in [7, 11) is 3.16. The van der Waals surface area contributed by atoms with Crippen molar-refractivity contribution in [3.05, 3.63) is 77.6 Å². The first-order valence-corrected chi connectivity index (χ1v) is 8.11. The van der Waals surface area contributed by atoms with Crippen molar-refractivity contribution in [3.63, 3.8) is 0 Å². The van der Waals surface area contributed by atoms with E-state index in [0.717, 1.165) is 21.9 Å². The standard InChI is InChI=1S/C21H20FNO2/c1-23(14-15-10-11-20(25-2)19(22)12-15)21(24)13-17-8-5-7-16-6-3-4-9-18(16)17/h3-12H,13-14H2,1-2H3. The molecule has 0 atom stereocenters. The number of methoxy groups -OCH3 is 1. The molecule has 0 fully saturated rings. The normalized spacial score (nSPS) is 10.7. The Hall–Kier alpha value is -2.88. The first-order chi connectivity index (χ1) is 12.1. The Morgan fingerprint density at radius 2 is 1.84 bits per heavy atom. The van der Waals surface area contributed by atoms with E-state index in [-0.39, 0.29) is 11.7 Å². The van der Waals surface area contributed by atoms with Crippen LogP contribution >= 0.6 is 0 Å². The van der Waals surface area contributed by atoms with Crippen molar-refractivity contribution in [3.8, 4) is 5.75 Å². The second kappa shape index (κ2) is 7.34. The number of carbonyl (C=O) groups is 1. The number of likely N-dealkylation sites (N-methyl/N-ethyl adjacent to an activating group) is 1. The molecule has 0 saturated heterocycles.